The zero-order valence-electron chi connectivity index (χ0n) is 19.8. The molecule has 1 fully saturated rings. The number of hydrogen-bond donors (Lipinski definition) is 0. The number of nitrogens with zero attached hydrogens (tertiary/aromatic N) is 3. The molecule has 4 rings (SSSR count). The predicted molar refractivity (Wildman–Crippen MR) is 137 cm³/mol. The summed E-state index contributed by atoms with van der Waals surface area (Å²) in [5.41, 5.74) is 2.36. The highest BCUT2D eigenvalue weighted by atomic mass is 32.2. The van der Waals surface area contributed by atoms with E-state index in [9.17, 15) is 22.8 Å². The van der Waals surface area contributed by atoms with Crippen LogP contribution in [0, 0.1) is 0 Å². The van der Waals surface area contributed by atoms with E-state index in [1.165, 1.54) is 34.7 Å². The highest BCUT2D eigenvalue weighted by Gasteiger charge is 2.31. The van der Waals surface area contributed by atoms with Gasteiger partial charge in [0.1, 0.15) is 0 Å². The largest absolute Gasteiger partial charge is 0.416 e. The highest BCUT2D eigenvalue weighted by molar-refractivity contribution is 8.01. The van der Waals surface area contributed by atoms with Gasteiger partial charge in [0, 0.05) is 42.8 Å². The molecule has 0 radical (unpaired) electrons. The lowest BCUT2D eigenvalue weighted by molar-refractivity contribution is -0.137. The highest BCUT2D eigenvalue weighted by Crippen LogP contribution is 2.32. The van der Waals surface area contributed by atoms with Crippen LogP contribution >= 0.6 is 23.1 Å². The minimum absolute atomic E-state index is 0.0362. The maximum Gasteiger partial charge on any atom is 0.416 e. The van der Waals surface area contributed by atoms with E-state index in [4.69, 9.17) is 0 Å². The average Bonchev–Trinajstić information content (AvgIpc) is 3.34. The summed E-state index contributed by atoms with van der Waals surface area (Å²) in [6, 6.07) is 12.9. The predicted octanol–water partition coefficient (Wildman–Crippen LogP) is 5.59. The third kappa shape index (κ3) is 6.67. The second-order valence-electron chi connectivity index (χ2n) is 8.46. The van der Waals surface area contributed by atoms with Gasteiger partial charge in [-0.1, -0.05) is 49.0 Å². The summed E-state index contributed by atoms with van der Waals surface area (Å²) in [7, 11) is 0. The number of hydrogen-bond acceptors (Lipinski definition) is 6. The molecule has 0 unspecified atom stereocenters. The number of carbonyl (C=O) groups excluding carboxylic acids is 2. The van der Waals surface area contributed by atoms with Crippen molar-refractivity contribution in [1.82, 2.24) is 9.88 Å². The number of carbonyl (C=O) groups is 2. The van der Waals surface area contributed by atoms with Gasteiger partial charge < -0.3 is 9.80 Å². The van der Waals surface area contributed by atoms with Crippen LogP contribution in [0.1, 0.15) is 34.1 Å². The fourth-order valence-electron chi connectivity index (χ4n) is 3.93. The Morgan fingerprint density at radius 2 is 1.78 bits per heavy atom. The van der Waals surface area contributed by atoms with Crippen molar-refractivity contribution in [3.63, 3.8) is 0 Å². The van der Waals surface area contributed by atoms with Gasteiger partial charge in [-0.25, -0.2) is 4.98 Å². The van der Waals surface area contributed by atoms with E-state index in [-0.39, 0.29) is 23.9 Å². The number of rotatable bonds is 8. The quantitative estimate of drug-likeness (QED) is 0.279. The molecule has 190 valence electrons. The Balaban J connectivity index is 1.25. The van der Waals surface area contributed by atoms with Crippen LogP contribution in [0.5, 0.6) is 0 Å². The Labute approximate surface area is 216 Å². The van der Waals surface area contributed by atoms with Crippen molar-refractivity contribution < 1.29 is 22.8 Å². The van der Waals surface area contributed by atoms with E-state index in [0.717, 1.165) is 22.9 Å². The number of benzene rings is 2. The van der Waals surface area contributed by atoms with Crippen molar-refractivity contribution in [2.75, 3.05) is 36.8 Å². The second-order valence-corrected chi connectivity index (χ2v) is 10.5. The maximum absolute atomic E-state index is 13.0. The van der Waals surface area contributed by atoms with Crippen LogP contribution < -0.4 is 4.90 Å². The number of halogens is 3. The molecule has 5 nitrogen and oxygen atoms in total. The number of aryl methyl sites for hydroxylation is 1. The number of Topliss-reactive ketones (excluding diaryl/α,β-unsaturated/α-hetero) is 1. The van der Waals surface area contributed by atoms with Gasteiger partial charge >= 0.3 is 6.18 Å². The zero-order valence-corrected chi connectivity index (χ0v) is 21.4. The fraction of sp³-hybridized carbons (Fsp3) is 0.346. The minimum atomic E-state index is -4.38. The lowest BCUT2D eigenvalue weighted by atomic mass is 10.1. The molecule has 3 aromatic rings. The van der Waals surface area contributed by atoms with Crippen LogP contribution in [0.3, 0.4) is 0 Å². The summed E-state index contributed by atoms with van der Waals surface area (Å²) in [5, 5.41) is 1.83. The smallest absolute Gasteiger partial charge is 0.368 e. The first-order valence-corrected chi connectivity index (χ1v) is 13.5. The van der Waals surface area contributed by atoms with Gasteiger partial charge in [0.05, 0.1) is 23.4 Å². The molecule has 0 saturated carbocycles. The van der Waals surface area contributed by atoms with Crippen molar-refractivity contribution in [3.8, 4) is 0 Å². The van der Waals surface area contributed by atoms with E-state index in [1.807, 2.05) is 34.5 Å². The van der Waals surface area contributed by atoms with Crippen LogP contribution in [0.4, 0.5) is 18.9 Å². The topological polar surface area (TPSA) is 53.5 Å². The summed E-state index contributed by atoms with van der Waals surface area (Å²) in [6.45, 7) is 3.87. The van der Waals surface area contributed by atoms with Gasteiger partial charge in [-0.2, -0.15) is 13.2 Å². The van der Waals surface area contributed by atoms with Crippen LogP contribution in [0.2, 0.25) is 0 Å². The van der Waals surface area contributed by atoms with Gasteiger partial charge in [-0.3, -0.25) is 9.59 Å². The van der Waals surface area contributed by atoms with Crippen LogP contribution in [-0.2, 0) is 23.8 Å². The first-order chi connectivity index (χ1) is 17.2. The molecular formula is C26H26F3N3O2S2. The zero-order chi connectivity index (χ0) is 25.7. The number of alkyl halides is 3. The number of amides is 1. The molecule has 1 amide bonds. The van der Waals surface area contributed by atoms with Crippen molar-refractivity contribution in [3.05, 3.63) is 76.3 Å². The Kier molecular flexibility index (Phi) is 8.35. The number of anilines is 1. The molecule has 1 aliphatic heterocycles. The van der Waals surface area contributed by atoms with Crippen molar-refractivity contribution >= 4 is 40.5 Å². The maximum atomic E-state index is 13.0. The van der Waals surface area contributed by atoms with Crippen molar-refractivity contribution in [1.29, 1.82) is 0 Å². The summed E-state index contributed by atoms with van der Waals surface area (Å²) < 4.78 is 39.8. The number of thioether (sulfide) groups is 1. The monoisotopic (exact) mass is 533 g/mol. The molecule has 0 N–H and O–H groups in total. The number of ketones is 1. The molecule has 10 heteroatoms. The fourth-order valence-corrected chi connectivity index (χ4v) is 5.67. The van der Waals surface area contributed by atoms with E-state index in [2.05, 4.69) is 11.9 Å². The van der Waals surface area contributed by atoms with E-state index < -0.39 is 11.7 Å². The molecule has 1 aliphatic rings. The Bertz CT molecular complexity index is 1200. The molecule has 36 heavy (non-hydrogen) atoms. The molecule has 0 aliphatic carbocycles. The normalized spacial score (nSPS) is 14.2. The van der Waals surface area contributed by atoms with E-state index >= 15 is 0 Å². The molecular weight excluding hydrogens is 507 g/mol. The number of aromatic nitrogens is 1. The van der Waals surface area contributed by atoms with E-state index in [1.54, 1.807) is 11.0 Å². The van der Waals surface area contributed by atoms with Gasteiger partial charge in [0.25, 0.3) is 0 Å². The molecule has 1 saturated heterocycles. The summed E-state index contributed by atoms with van der Waals surface area (Å²) >= 11 is 2.77. The van der Waals surface area contributed by atoms with Gasteiger partial charge in [-0.15, -0.1) is 11.3 Å². The minimum Gasteiger partial charge on any atom is -0.368 e. The Morgan fingerprint density at radius 3 is 2.44 bits per heavy atom. The van der Waals surface area contributed by atoms with Gasteiger partial charge in [0.2, 0.25) is 5.91 Å². The molecule has 1 aromatic heterocycles. The van der Waals surface area contributed by atoms with Crippen molar-refractivity contribution in [2.24, 2.45) is 0 Å². The number of piperazine rings is 1. The summed E-state index contributed by atoms with van der Waals surface area (Å²) in [6.07, 6.45) is -3.30. The second kappa shape index (κ2) is 11.5. The third-order valence-corrected chi connectivity index (χ3v) is 8.11. The van der Waals surface area contributed by atoms with E-state index in [0.29, 0.717) is 43.1 Å². The summed E-state index contributed by atoms with van der Waals surface area (Å²) in [5.74, 6) is 0.255. The third-order valence-electron chi connectivity index (χ3n) is 6.04. The first kappa shape index (κ1) is 26.2. The Hall–Kier alpha value is -2.85. The van der Waals surface area contributed by atoms with Crippen molar-refractivity contribution in [2.45, 2.75) is 30.3 Å². The lowest BCUT2D eigenvalue weighted by Crippen LogP contribution is -2.49. The van der Waals surface area contributed by atoms with Crippen LogP contribution in [0.15, 0.2) is 58.3 Å². The molecule has 0 atom stereocenters. The molecule has 0 spiro atoms. The lowest BCUT2D eigenvalue weighted by Gasteiger charge is -2.36. The first-order valence-electron chi connectivity index (χ1n) is 11.6. The van der Waals surface area contributed by atoms with Gasteiger partial charge in [0.15, 0.2) is 10.1 Å². The molecule has 2 aromatic carbocycles. The molecule has 0 bridgehead atoms. The number of thiazole rings is 1. The Morgan fingerprint density at radius 1 is 1.06 bits per heavy atom. The standard InChI is InChI=1S/C26H26F3N3O2S2/c1-2-18-6-8-19(9-7-18)23(33)17-36-25-30-21(16-35-25)15-24(34)32-12-10-31(11-13-32)22-5-3-4-20(14-22)26(27,28)29/h3-9,14,16H,2,10-13,15,17H2,1H3. The van der Waals surface area contributed by atoms with Gasteiger partial charge in [-0.05, 0) is 30.2 Å². The van der Waals surface area contributed by atoms with Crippen LogP contribution in [0.25, 0.3) is 0 Å². The summed E-state index contributed by atoms with van der Waals surface area (Å²) in [4.78, 5) is 33.3. The average molecular weight is 534 g/mol. The van der Waals surface area contributed by atoms with Crippen LogP contribution in [-0.4, -0.2) is 53.5 Å². The molecule has 2 heterocycles. The SMILES string of the molecule is CCc1ccc(C(=O)CSc2nc(CC(=O)N3CCN(c4cccc(C(F)(F)F)c4)CC3)cs2)cc1.